The molecule has 1 aromatic rings. The molecule has 3 atom stereocenters. The second kappa shape index (κ2) is 3.93. The van der Waals surface area contributed by atoms with E-state index in [1.54, 1.807) is 6.07 Å². The summed E-state index contributed by atoms with van der Waals surface area (Å²) in [7, 11) is 1.95. The maximum Gasteiger partial charge on any atom is 0.127 e. The average molecular weight is 207 g/mol. The van der Waals surface area contributed by atoms with Gasteiger partial charge in [0.25, 0.3) is 0 Å². The van der Waals surface area contributed by atoms with Gasteiger partial charge in [0.2, 0.25) is 0 Å². The molecule has 0 amide bonds. The summed E-state index contributed by atoms with van der Waals surface area (Å²) >= 11 is 0. The molecule has 3 unspecified atom stereocenters. The Balaban J connectivity index is 2.53. The average Bonchev–Trinajstić information content (AvgIpc) is 2.51. The molecule has 0 bridgehead atoms. The van der Waals surface area contributed by atoms with E-state index in [4.69, 9.17) is 0 Å². The Morgan fingerprint density at radius 3 is 2.73 bits per heavy atom. The molecule has 0 aliphatic heterocycles. The molecule has 1 N–H and O–H groups in total. The molecule has 0 saturated carbocycles. The van der Waals surface area contributed by atoms with Crippen LogP contribution in [0.2, 0.25) is 0 Å². The Labute approximate surface area is 90.7 Å². The van der Waals surface area contributed by atoms with Crippen molar-refractivity contribution in [3.63, 3.8) is 0 Å². The van der Waals surface area contributed by atoms with Crippen LogP contribution in [0, 0.1) is 11.7 Å². The third-order valence-corrected chi connectivity index (χ3v) is 3.70. The predicted octanol–water partition coefficient (Wildman–Crippen LogP) is 3.23. The SMILES string of the molecule is CCC1c2c(F)cccc2C(NC)C1C. The molecule has 0 heterocycles. The zero-order chi connectivity index (χ0) is 11.0. The predicted molar refractivity (Wildman–Crippen MR) is 60.4 cm³/mol. The van der Waals surface area contributed by atoms with Crippen LogP contribution in [0.15, 0.2) is 18.2 Å². The fourth-order valence-corrected chi connectivity index (χ4v) is 2.99. The van der Waals surface area contributed by atoms with E-state index in [-0.39, 0.29) is 5.82 Å². The van der Waals surface area contributed by atoms with Gasteiger partial charge in [-0.15, -0.1) is 0 Å². The highest BCUT2D eigenvalue weighted by Gasteiger charge is 2.37. The van der Waals surface area contributed by atoms with Gasteiger partial charge in [-0.3, -0.25) is 0 Å². The number of hydrogen-bond donors (Lipinski definition) is 1. The lowest BCUT2D eigenvalue weighted by molar-refractivity contribution is 0.377. The van der Waals surface area contributed by atoms with Crippen molar-refractivity contribution in [3.8, 4) is 0 Å². The van der Waals surface area contributed by atoms with Crippen molar-refractivity contribution in [2.45, 2.75) is 32.2 Å². The molecule has 0 radical (unpaired) electrons. The summed E-state index contributed by atoms with van der Waals surface area (Å²) in [5.41, 5.74) is 2.09. The lowest BCUT2D eigenvalue weighted by atomic mass is 9.90. The molecule has 2 rings (SSSR count). The van der Waals surface area contributed by atoms with Crippen molar-refractivity contribution in [3.05, 3.63) is 35.1 Å². The minimum Gasteiger partial charge on any atom is -0.313 e. The van der Waals surface area contributed by atoms with E-state index < -0.39 is 0 Å². The topological polar surface area (TPSA) is 12.0 Å². The zero-order valence-corrected chi connectivity index (χ0v) is 9.55. The Morgan fingerprint density at radius 1 is 1.40 bits per heavy atom. The smallest absolute Gasteiger partial charge is 0.127 e. The van der Waals surface area contributed by atoms with E-state index >= 15 is 0 Å². The summed E-state index contributed by atoms with van der Waals surface area (Å²) in [4.78, 5) is 0. The monoisotopic (exact) mass is 207 g/mol. The van der Waals surface area contributed by atoms with Crippen LogP contribution in [0.1, 0.15) is 43.4 Å². The number of benzene rings is 1. The number of rotatable bonds is 2. The van der Waals surface area contributed by atoms with Gasteiger partial charge < -0.3 is 5.32 Å². The first kappa shape index (κ1) is 10.6. The standard InChI is InChI=1S/C13H18FN/c1-4-9-8(2)13(15-3)10-6-5-7-11(14)12(9)10/h5-9,13,15H,4H2,1-3H3. The second-order valence-electron chi connectivity index (χ2n) is 4.38. The summed E-state index contributed by atoms with van der Waals surface area (Å²) < 4.78 is 13.8. The molecule has 1 aliphatic carbocycles. The van der Waals surface area contributed by atoms with E-state index in [2.05, 4.69) is 19.2 Å². The van der Waals surface area contributed by atoms with Crippen molar-refractivity contribution in [1.29, 1.82) is 0 Å². The van der Waals surface area contributed by atoms with E-state index in [0.29, 0.717) is 17.9 Å². The minimum atomic E-state index is -0.0380. The second-order valence-corrected chi connectivity index (χ2v) is 4.38. The normalized spacial score (nSPS) is 29.2. The van der Waals surface area contributed by atoms with E-state index in [0.717, 1.165) is 17.5 Å². The Hall–Kier alpha value is -0.890. The maximum absolute atomic E-state index is 13.8. The van der Waals surface area contributed by atoms with Crippen LogP contribution in [0.4, 0.5) is 4.39 Å². The van der Waals surface area contributed by atoms with Crippen LogP contribution in [-0.4, -0.2) is 7.05 Å². The van der Waals surface area contributed by atoms with Crippen molar-refractivity contribution in [1.82, 2.24) is 5.32 Å². The number of halogens is 1. The highest BCUT2D eigenvalue weighted by molar-refractivity contribution is 5.40. The molecule has 15 heavy (non-hydrogen) atoms. The molecule has 82 valence electrons. The van der Waals surface area contributed by atoms with Crippen LogP contribution in [0.5, 0.6) is 0 Å². The first-order chi connectivity index (χ1) is 7.20. The summed E-state index contributed by atoms with van der Waals surface area (Å²) in [5, 5.41) is 3.29. The molecule has 0 fully saturated rings. The molecule has 2 heteroatoms. The van der Waals surface area contributed by atoms with Crippen LogP contribution in [0.25, 0.3) is 0 Å². The number of fused-ring (bicyclic) bond motifs is 1. The summed E-state index contributed by atoms with van der Waals surface area (Å²) in [6.45, 7) is 4.34. The fourth-order valence-electron chi connectivity index (χ4n) is 2.99. The van der Waals surface area contributed by atoms with Crippen molar-refractivity contribution >= 4 is 0 Å². The molecular formula is C13H18FN. The molecule has 0 spiro atoms. The Morgan fingerprint density at radius 2 is 2.13 bits per heavy atom. The first-order valence-corrected chi connectivity index (χ1v) is 5.66. The van der Waals surface area contributed by atoms with E-state index in [1.165, 1.54) is 0 Å². The van der Waals surface area contributed by atoms with Gasteiger partial charge in [0, 0.05) is 6.04 Å². The van der Waals surface area contributed by atoms with Gasteiger partial charge in [-0.2, -0.15) is 0 Å². The molecule has 1 aromatic carbocycles. The lowest BCUT2D eigenvalue weighted by Gasteiger charge is -2.19. The maximum atomic E-state index is 13.8. The number of hydrogen-bond acceptors (Lipinski definition) is 1. The van der Waals surface area contributed by atoms with Crippen LogP contribution in [0.3, 0.4) is 0 Å². The largest absolute Gasteiger partial charge is 0.313 e. The molecule has 0 aromatic heterocycles. The third-order valence-electron chi connectivity index (χ3n) is 3.70. The van der Waals surface area contributed by atoms with Crippen molar-refractivity contribution in [2.24, 2.45) is 5.92 Å². The highest BCUT2D eigenvalue weighted by atomic mass is 19.1. The number of nitrogens with one attached hydrogen (secondary N) is 1. The third kappa shape index (κ3) is 1.48. The van der Waals surface area contributed by atoms with E-state index in [9.17, 15) is 4.39 Å². The zero-order valence-electron chi connectivity index (χ0n) is 9.55. The molecular weight excluding hydrogens is 189 g/mol. The van der Waals surface area contributed by atoms with Crippen molar-refractivity contribution < 1.29 is 4.39 Å². The van der Waals surface area contributed by atoms with Gasteiger partial charge in [-0.1, -0.05) is 26.0 Å². The minimum absolute atomic E-state index is 0.0380. The first-order valence-electron chi connectivity index (χ1n) is 5.66. The van der Waals surface area contributed by atoms with Crippen LogP contribution >= 0.6 is 0 Å². The molecule has 0 saturated heterocycles. The van der Waals surface area contributed by atoms with Crippen LogP contribution < -0.4 is 5.32 Å². The van der Waals surface area contributed by atoms with Gasteiger partial charge in [0.15, 0.2) is 0 Å². The fraction of sp³-hybridized carbons (Fsp3) is 0.538. The van der Waals surface area contributed by atoms with Crippen molar-refractivity contribution in [2.75, 3.05) is 7.05 Å². The van der Waals surface area contributed by atoms with Gasteiger partial charge >= 0.3 is 0 Å². The molecule has 1 aliphatic rings. The summed E-state index contributed by atoms with van der Waals surface area (Å²) in [6, 6.07) is 5.74. The van der Waals surface area contributed by atoms with Gasteiger partial charge in [-0.25, -0.2) is 4.39 Å². The van der Waals surface area contributed by atoms with Gasteiger partial charge in [0.05, 0.1) is 0 Å². The Bertz CT molecular complexity index is 362. The lowest BCUT2D eigenvalue weighted by Crippen LogP contribution is -2.20. The quantitative estimate of drug-likeness (QED) is 0.785. The molecule has 1 nitrogen and oxygen atoms in total. The Kier molecular flexibility index (Phi) is 2.79. The van der Waals surface area contributed by atoms with Gasteiger partial charge in [-0.05, 0) is 42.5 Å². The highest BCUT2D eigenvalue weighted by Crippen LogP contribution is 2.47. The van der Waals surface area contributed by atoms with Gasteiger partial charge in [0.1, 0.15) is 5.82 Å². The summed E-state index contributed by atoms with van der Waals surface area (Å²) in [6.07, 6.45) is 1.01. The summed E-state index contributed by atoms with van der Waals surface area (Å²) in [5.74, 6) is 0.800. The van der Waals surface area contributed by atoms with Crippen LogP contribution in [-0.2, 0) is 0 Å². The van der Waals surface area contributed by atoms with E-state index in [1.807, 2.05) is 19.2 Å².